The molecule has 0 spiro atoms. The van der Waals surface area contributed by atoms with E-state index in [2.05, 4.69) is 243 Å². The van der Waals surface area contributed by atoms with E-state index in [-0.39, 0.29) is 0 Å². The molecule has 0 saturated heterocycles. The largest absolute Gasteiger partial charge is 0.292 e. The Morgan fingerprint density at radius 2 is 0.417 bits per heavy atom. The molecule has 8 aromatic carbocycles. The molecule has 2 nitrogen and oxygen atoms in total. The third-order valence-corrected chi connectivity index (χ3v) is 32.6. The van der Waals surface area contributed by atoms with E-state index >= 15 is 0 Å². The zero-order chi connectivity index (χ0) is 41.1. The molecule has 0 atom stereocenters. The van der Waals surface area contributed by atoms with Crippen molar-refractivity contribution in [3.63, 3.8) is 0 Å². The average molecular weight is 889 g/mol. The molecule has 0 aliphatic heterocycles. The van der Waals surface area contributed by atoms with Crippen LogP contribution in [0.3, 0.4) is 0 Å². The van der Waals surface area contributed by atoms with E-state index in [1.807, 2.05) is 0 Å². The Bertz CT molecular complexity index is 2440. The van der Waals surface area contributed by atoms with Gasteiger partial charge in [0.2, 0.25) is 0 Å². The Labute approximate surface area is 367 Å². The highest BCUT2D eigenvalue weighted by Gasteiger charge is 2.36. The summed E-state index contributed by atoms with van der Waals surface area (Å²) < 4.78 is 12.0. The van der Waals surface area contributed by atoms with Gasteiger partial charge in [0.1, 0.15) is 0 Å². The lowest BCUT2D eigenvalue weighted by atomic mass is 10.4. The maximum Gasteiger partial charge on any atom is 0.0577 e. The van der Waals surface area contributed by atoms with Gasteiger partial charge in [-0.2, -0.15) is 0 Å². The Morgan fingerprint density at radius 3 is 0.600 bits per heavy atom. The Balaban J connectivity index is 1.35. The van der Waals surface area contributed by atoms with Crippen LogP contribution in [0.25, 0.3) is 0 Å². The minimum atomic E-state index is -2.51. The van der Waals surface area contributed by atoms with Crippen molar-refractivity contribution in [2.24, 2.45) is 9.49 Å². The van der Waals surface area contributed by atoms with Gasteiger partial charge in [0, 0.05) is 38.0 Å². The van der Waals surface area contributed by atoms with Gasteiger partial charge in [-0.05, 0) is 42.4 Å². The van der Waals surface area contributed by atoms with Gasteiger partial charge in [0.15, 0.2) is 0 Å². The number of hydrogen-bond acceptors (Lipinski definition) is 4. The molecule has 0 N–H and O–H groups in total. The van der Waals surface area contributed by atoms with E-state index in [0.717, 1.165) is 11.8 Å². The van der Waals surface area contributed by atoms with Crippen LogP contribution in [0.5, 0.6) is 0 Å². The van der Waals surface area contributed by atoms with Crippen molar-refractivity contribution < 1.29 is 0 Å². The summed E-state index contributed by atoms with van der Waals surface area (Å²) in [5, 5.41) is 9.84. The molecule has 8 aromatic rings. The number of hydrogen-bond donors (Lipinski definition) is 0. The fourth-order valence-electron chi connectivity index (χ4n) is 8.05. The molecular formula is C52H48N2P4S2. The molecule has 0 aliphatic rings. The van der Waals surface area contributed by atoms with E-state index in [4.69, 9.17) is 33.1 Å². The second-order valence-electron chi connectivity index (χ2n) is 14.7. The van der Waals surface area contributed by atoms with E-state index in [1.165, 1.54) is 42.4 Å². The molecule has 8 rings (SSSR count). The summed E-state index contributed by atoms with van der Waals surface area (Å²) in [5.74, 6) is 1.52. The first-order valence-corrected chi connectivity index (χ1v) is 30.1. The maximum absolute atomic E-state index is 7.05. The van der Waals surface area contributed by atoms with Crippen LogP contribution in [0.4, 0.5) is 0 Å². The van der Waals surface area contributed by atoms with Crippen molar-refractivity contribution >= 4 is 92.2 Å². The standard InChI is InChI=1S/C52H48N2P4S2/c59-57(49-33-17-5-18-34-49,50-35-19-6-20-36-50)43-55(45-25-9-1-10-26-45,46-27-11-2-12-28-46)53-41-42-54-56(47-29-13-3-14-30-47,48-31-15-4-16-32-48)44-58(60,51-37-21-7-22-38-51)52-39-23-8-24-40-52/h1-40H,41-44H2. The Kier molecular flexibility index (Phi) is 13.7. The third-order valence-electron chi connectivity index (χ3n) is 11.0. The van der Waals surface area contributed by atoms with Crippen LogP contribution in [-0.2, 0) is 23.6 Å². The molecule has 0 aromatic heterocycles. The third kappa shape index (κ3) is 8.94. The zero-order valence-corrected chi connectivity index (χ0v) is 38.6. The van der Waals surface area contributed by atoms with E-state index in [0.29, 0.717) is 13.1 Å². The van der Waals surface area contributed by atoms with Crippen LogP contribution >= 0.6 is 26.2 Å². The molecule has 0 amide bonds. The quantitative estimate of drug-likeness (QED) is 0.0757. The van der Waals surface area contributed by atoms with Gasteiger partial charge in [0.25, 0.3) is 0 Å². The van der Waals surface area contributed by atoms with Gasteiger partial charge >= 0.3 is 0 Å². The van der Waals surface area contributed by atoms with Crippen LogP contribution in [0.2, 0.25) is 0 Å². The molecule has 0 bridgehead atoms. The summed E-state index contributed by atoms with van der Waals surface area (Å²) in [6.45, 7) is 1.11. The van der Waals surface area contributed by atoms with Gasteiger partial charge in [-0.15, -0.1) is 0 Å². The topological polar surface area (TPSA) is 24.7 Å². The molecule has 60 heavy (non-hydrogen) atoms. The number of rotatable bonds is 15. The van der Waals surface area contributed by atoms with Crippen LogP contribution in [0.15, 0.2) is 252 Å². The normalized spacial score (nSPS) is 12.1. The van der Waals surface area contributed by atoms with Crippen LogP contribution in [0.1, 0.15) is 0 Å². The fraction of sp³-hybridized carbons (Fsp3) is 0.0769. The minimum absolute atomic E-state index is 0.553. The highest BCUT2D eigenvalue weighted by molar-refractivity contribution is 8.25. The van der Waals surface area contributed by atoms with Crippen LogP contribution < -0.4 is 42.4 Å². The summed E-state index contributed by atoms with van der Waals surface area (Å²) >= 11 is 14.1. The first-order valence-electron chi connectivity index (χ1n) is 20.2. The molecule has 8 heteroatoms. The molecular weight excluding hydrogens is 841 g/mol. The van der Waals surface area contributed by atoms with Gasteiger partial charge < -0.3 is 0 Å². The van der Waals surface area contributed by atoms with Crippen LogP contribution in [0, 0.1) is 0 Å². The predicted octanol–water partition coefficient (Wildman–Crippen LogP) is 10.9. The Hall–Kier alpha value is -4.48. The highest BCUT2D eigenvalue weighted by Crippen LogP contribution is 2.63. The van der Waals surface area contributed by atoms with E-state index in [9.17, 15) is 0 Å². The van der Waals surface area contributed by atoms with Crippen molar-refractivity contribution in [1.29, 1.82) is 0 Å². The van der Waals surface area contributed by atoms with Crippen molar-refractivity contribution in [3.05, 3.63) is 243 Å². The van der Waals surface area contributed by atoms with Gasteiger partial charge in [-0.3, -0.25) is 9.49 Å². The second-order valence-corrected chi connectivity index (χ2v) is 31.5. The van der Waals surface area contributed by atoms with Crippen molar-refractivity contribution in [2.75, 3.05) is 24.9 Å². The number of benzene rings is 8. The lowest BCUT2D eigenvalue weighted by molar-refractivity contribution is 0.996. The maximum atomic E-state index is 7.05. The van der Waals surface area contributed by atoms with Crippen molar-refractivity contribution in [2.45, 2.75) is 0 Å². The fourth-order valence-corrected chi connectivity index (χ4v) is 31.1. The highest BCUT2D eigenvalue weighted by atomic mass is 32.4. The van der Waals surface area contributed by atoms with Crippen LogP contribution in [-0.4, -0.2) is 24.9 Å². The smallest absolute Gasteiger partial charge is 0.0577 e. The minimum Gasteiger partial charge on any atom is -0.292 e. The van der Waals surface area contributed by atoms with Gasteiger partial charge in [-0.25, -0.2) is 0 Å². The molecule has 0 unspecified atom stereocenters. The lowest BCUT2D eigenvalue weighted by Gasteiger charge is -2.34. The predicted molar refractivity (Wildman–Crippen MR) is 275 cm³/mol. The second kappa shape index (κ2) is 19.5. The first kappa shape index (κ1) is 42.2. The molecule has 0 radical (unpaired) electrons. The summed E-state index contributed by atoms with van der Waals surface area (Å²) in [7, 11) is -5.01. The molecule has 298 valence electrons. The number of nitrogens with zero attached hydrogens (tertiary/aromatic N) is 2. The lowest BCUT2D eigenvalue weighted by Crippen LogP contribution is -2.26. The van der Waals surface area contributed by atoms with Crippen molar-refractivity contribution in [3.8, 4) is 0 Å². The molecule has 0 fully saturated rings. The Morgan fingerprint density at radius 1 is 0.250 bits per heavy atom. The monoisotopic (exact) mass is 888 g/mol. The van der Waals surface area contributed by atoms with Crippen molar-refractivity contribution in [1.82, 2.24) is 0 Å². The molecule has 0 aliphatic carbocycles. The molecule has 0 saturated carbocycles. The first-order chi connectivity index (χ1) is 29.5. The van der Waals surface area contributed by atoms with Gasteiger partial charge in [-0.1, -0.05) is 266 Å². The zero-order valence-electron chi connectivity index (χ0n) is 33.4. The van der Waals surface area contributed by atoms with Gasteiger partial charge in [0.05, 0.1) is 13.1 Å². The summed E-state index contributed by atoms with van der Waals surface area (Å²) in [6, 6.07) is 82.3. The summed E-state index contributed by atoms with van der Waals surface area (Å²) in [6.07, 6.45) is 0. The molecule has 0 heterocycles. The summed E-state index contributed by atoms with van der Waals surface area (Å²) in [5.41, 5.74) is 0. The van der Waals surface area contributed by atoms with E-state index in [1.54, 1.807) is 0 Å². The SMILES string of the molecule is S=P(CP(=NCCN=P(CP(=S)(c1ccccc1)c1ccccc1)(c1ccccc1)c1ccccc1)(c1ccccc1)c1ccccc1)(c1ccccc1)c1ccccc1. The summed E-state index contributed by atoms with van der Waals surface area (Å²) in [4.78, 5) is 0. The van der Waals surface area contributed by atoms with E-state index < -0.39 is 26.2 Å². The average Bonchev–Trinajstić information content (AvgIpc) is 3.34.